The van der Waals surface area contributed by atoms with E-state index in [1.54, 1.807) is 0 Å². The van der Waals surface area contributed by atoms with Crippen molar-refractivity contribution in [1.82, 2.24) is 15.1 Å². The van der Waals surface area contributed by atoms with Crippen molar-refractivity contribution in [2.45, 2.75) is 44.2 Å². The van der Waals surface area contributed by atoms with E-state index in [9.17, 15) is 14.9 Å². The molecule has 0 bridgehead atoms. The van der Waals surface area contributed by atoms with Crippen LogP contribution >= 0.6 is 0 Å². The van der Waals surface area contributed by atoms with Crippen molar-refractivity contribution >= 4 is 12.0 Å². The maximum absolute atomic E-state index is 11.3. The standard InChI is InChI=1S/C14H22N4O3/c1-11(19)16-14(9-15)5-2-6-18(10-14)12-3-7-17(8-4-12)13(20)21/h12H,2-8,10H2,1H3,(H,16,19)(H,20,21). The number of hydrogen-bond donors (Lipinski definition) is 2. The van der Waals surface area contributed by atoms with Gasteiger partial charge in [-0.25, -0.2) is 4.79 Å². The lowest BCUT2D eigenvalue weighted by atomic mass is 9.88. The van der Waals surface area contributed by atoms with Crippen LogP contribution in [-0.4, -0.2) is 64.7 Å². The summed E-state index contributed by atoms with van der Waals surface area (Å²) >= 11 is 0. The Morgan fingerprint density at radius 1 is 1.33 bits per heavy atom. The molecule has 7 heteroatoms. The van der Waals surface area contributed by atoms with Crippen LogP contribution in [0.25, 0.3) is 0 Å². The van der Waals surface area contributed by atoms with Gasteiger partial charge in [-0.2, -0.15) is 5.26 Å². The van der Waals surface area contributed by atoms with Crippen molar-refractivity contribution in [3.63, 3.8) is 0 Å². The molecule has 2 heterocycles. The molecule has 2 aliphatic heterocycles. The van der Waals surface area contributed by atoms with Crippen molar-refractivity contribution in [2.24, 2.45) is 0 Å². The van der Waals surface area contributed by atoms with Crippen LogP contribution in [-0.2, 0) is 4.79 Å². The van der Waals surface area contributed by atoms with Crippen molar-refractivity contribution in [2.75, 3.05) is 26.2 Å². The van der Waals surface area contributed by atoms with E-state index in [0.29, 0.717) is 32.1 Å². The summed E-state index contributed by atoms with van der Waals surface area (Å²) < 4.78 is 0. The molecule has 0 saturated carbocycles. The maximum atomic E-state index is 11.3. The first-order chi connectivity index (χ1) is 9.96. The number of nitriles is 1. The molecule has 0 aliphatic carbocycles. The van der Waals surface area contributed by atoms with Crippen LogP contribution in [0.15, 0.2) is 0 Å². The summed E-state index contributed by atoms with van der Waals surface area (Å²) in [5, 5.41) is 21.2. The number of likely N-dealkylation sites (tertiary alicyclic amines) is 2. The summed E-state index contributed by atoms with van der Waals surface area (Å²) in [6.45, 7) is 3.94. The smallest absolute Gasteiger partial charge is 0.407 e. The molecule has 116 valence electrons. The molecule has 0 aromatic rings. The SMILES string of the molecule is CC(=O)NC1(C#N)CCCN(C2CCN(C(=O)O)CC2)C1. The van der Waals surface area contributed by atoms with Crippen LogP contribution < -0.4 is 5.32 Å². The molecule has 0 aromatic heterocycles. The molecule has 2 fully saturated rings. The highest BCUT2D eigenvalue weighted by molar-refractivity contribution is 5.74. The summed E-state index contributed by atoms with van der Waals surface area (Å²) in [5.41, 5.74) is -0.798. The van der Waals surface area contributed by atoms with Gasteiger partial charge in [-0.3, -0.25) is 9.69 Å². The Balaban J connectivity index is 1.97. The average molecular weight is 294 g/mol. The van der Waals surface area contributed by atoms with E-state index in [1.807, 2.05) is 0 Å². The predicted octanol–water partition coefficient (Wildman–Crippen LogP) is 0.623. The quantitative estimate of drug-likeness (QED) is 0.778. The van der Waals surface area contributed by atoms with E-state index in [1.165, 1.54) is 11.8 Å². The number of amides is 2. The Kier molecular flexibility index (Phi) is 4.68. The monoisotopic (exact) mass is 294 g/mol. The van der Waals surface area contributed by atoms with Gasteiger partial charge in [0.15, 0.2) is 0 Å². The van der Waals surface area contributed by atoms with Gasteiger partial charge in [0.05, 0.1) is 6.07 Å². The van der Waals surface area contributed by atoms with E-state index in [4.69, 9.17) is 5.11 Å². The number of hydrogen-bond acceptors (Lipinski definition) is 4. The van der Waals surface area contributed by atoms with E-state index in [2.05, 4.69) is 16.3 Å². The first-order valence-electron chi connectivity index (χ1n) is 7.38. The molecule has 0 radical (unpaired) electrons. The third-order valence-corrected chi connectivity index (χ3v) is 4.40. The molecule has 2 rings (SSSR count). The Hall–Kier alpha value is -1.81. The van der Waals surface area contributed by atoms with E-state index in [0.717, 1.165) is 25.8 Å². The minimum atomic E-state index is -0.864. The predicted molar refractivity (Wildman–Crippen MR) is 75.6 cm³/mol. The second-order valence-corrected chi connectivity index (χ2v) is 5.95. The molecular weight excluding hydrogens is 272 g/mol. The zero-order valence-electron chi connectivity index (χ0n) is 12.3. The fraction of sp³-hybridized carbons (Fsp3) is 0.786. The van der Waals surface area contributed by atoms with Crippen molar-refractivity contribution in [3.8, 4) is 6.07 Å². The van der Waals surface area contributed by atoms with Gasteiger partial charge in [-0.15, -0.1) is 0 Å². The van der Waals surface area contributed by atoms with E-state index in [-0.39, 0.29) is 5.91 Å². The molecule has 7 nitrogen and oxygen atoms in total. The van der Waals surface area contributed by atoms with Crippen LogP contribution in [0.1, 0.15) is 32.6 Å². The molecule has 21 heavy (non-hydrogen) atoms. The van der Waals surface area contributed by atoms with Crippen LogP contribution in [0.2, 0.25) is 0 Å². The number of nitrogens with one attached hydrogen (secondary N) is 1. The highest BCUT2D eigenvalue weighted by Gasteiger charge is 2.39. The number of piperidine rings is 2. The van der Waals surface area contributed by atoms with Gasteiger partial charge < -0.3 is 15.3 Å². The van der Waals surface area contributed by atoms with Crippen molar-refractivity contribution in [3.05, 3.63) is 0 Å². The summed E-state index contributed by atoms with van der Waals surface area (Å²) in [6, 6.07) is 2.56. The summed E-state index contributed by atoms with van der Waals surface area (Å²) in [6.07, 6.45) is 2.25. The second kappa shape index (κ2) is 6.31. The molecule has 2 N–H and O–H groups in total. The average Bonchev–Trinajstić information content (AvgIpc) is 2.47. The molecule has 2 aliphatic rings. The van der Waals surface area contributed by atoms with Gasteiger partial charge in [0.2, 0.25) is 5.91 Å². The van der Waals surface area contributed by atoms with E-state index < -0.39 is 11.6 Å². The lowest BCUT2D eigenvalue weighted by Gasteiger charge is -2.44. The summed E-state index contributed by atoms with van der Waals surface area (Å²) in [4.78, 5) is 25.9. The number of carboxylic acid groups (broad SMARTS) is 1. The van der Waals surface area contributed by atoms with Crippen molar-refractivity contribution in [1.29, 1.82) is 5.26 Å². The third-order valence-electron chi connectivity index (χ3n) is 4.40. The van der Waals surface area contributed by atoms with Gasteiger partial charge in [-0.05, 0) is 32.2 Å². The molecular formula is C14H22N4O3. The van der Waals surface area contributed by atoms with Crippen molar-refractivity contribution < 1.29 is 14.7 Å². The van der Waals surface area contributed by atoms with Gasteiger partial charge in [-0.1, -0.05) is 0 Å². The largest absolute Gasteiger partial charge is 0.465 e. The summed E-state index contributed by atoms with van der Waals surface area (Å²) in [7, 11) is 0. The molecule has 2 amide bonds. The Morgan fingerprint density at radius 2 is 2.00 bits per heavy atom. The van der Waals surface area contributed by atoms with Crippen LogP contribution in [0.4, 0.5) is 4.79 Å². The van der Waals surface area contributed by atoms with E-state index >= 15 is 0 Å². The normalized spacial score (nSPS) is 27.9. The Morgan fingerprint density at radius 3 is 2.52 bits per heavy atom. The van der Waals surface area contributed by atoms with Gasteiger partial charge in [0.1, 0.15) is 5.54 Å². The molecule has 2 saturated heterocycles. The lowest BCUT2D eigenvalue weighted by molar-refractivity contribution is -0.121. The topological polar surface area (TPSA) is 96.7 Å². The third kappa shape index (κ3) is 3.64. The zero-order chi connectivity index (χ0) is 15.5. The van der Waals surface area contributed by atoms with Crippen LogP contribution in [0.3, 0.4) is 0 Å². The van der Waals surface area contributed by atoms with Crippen LogP contribution in [0.5, 0.6) is 0 Å². The number of carbonyl (C=O) groups excluding carboxylic acids is 1. The molecule has 1 atom stereocenters. The second-order valence-electron chi connectivity index (χ2n) is 5.95. The van der Waals surface area contributed by atoms with Gasteiger partial charge in [0.25, 0.3) is 0 Å². The maximum Gasteiger partial charge on any atom is 0.407 e. The molecule has 1 unspecified atom stereocenters. The Bertz CT molecular complexity index is 454. The highest BCUT2D eigenvalue weighted by atomic mass is 16.4. The first-order valence-corrected chi connectivity index (χ1v) is 7.38. The lowest BCUT2D eigenvalue weighted by Crippen LogP contribution is -2.60. The minimum absolute atomic E-state index is 0.181. The molecule has 0 aromatic carbocycles. The number of rotatable bonds is 2. The molecule has 0 spiro atoms. The number of carbonyl (C=O) groups is 2. The fourth-order valence-electron chi connectivity index (χ4n) is 3.38. The summed E-state index contributed by atoms with van der Waals surface area (Å²) in [5.74, 6) is -0.181. The highest BCUT2D eigenvalue weighted by Crippen LogP contribution is 2.26. The minimum Gasteiger partial charge on any atom is -0.465 e. The first kappa shape index (κ1) is 15.6. The number of nitrogens with zero attached hydrogens (tertiary/aromatic N) is 3. The van der Waals surface area contributed by atoms with Crippen LogP contribution in [0, 0.1) is 11.3 Å². The zero-order valence-corrected chi connectivity index (χ0v) is 12.3. The fourth-order valence-corrected chi connectivity index (χ4v) is 3.38. The van der Waals surface area contributed by atoms with Gasteiger partial charge >= 0.3 is 6.09 Å². The Labute approximate surface area is 124 Å². The van der Waals surface area contributed by atoms with Gasteiger partial charge in [0, 0.05) is 32.6 Å².